The lowest BCUT2D eigenvalue weighted by molar-refractivity contribution is -0.211. The first-order chi connectivity index (χ1) is 26.3. The molecule has 0 unspecified atom stereocenters. The van der Waals surface area contributed by atoms with Crippen LogP contribution in [0, 0.1) is 5.41 Å². The van der Waals surface area contributed by atoms with Crippen molar-refractivity contribution in [3.05, 3.63) is 83.3 Å². The van der Waals surface area contributed by atoms with Crippen LogP contribution in [0.15, 0.2) is 87.6 Å². The standard InChI is InChI=1S/C38H49N5O9S3/c1-37(2)27(21-26(23-39-17-9-19-53-48)36(47)41(5)51-25-35(46)52-43-33(44)15-16-34(43)45)24-40-31(37)11-7-6-8-12-32-38(3,4)29-22-28(55-50)13-14-30(29)42(32)18-10-20-54-49/h6-8,11-14,21-23,39,48-50H,9-10,15-20,24-25H2,1-5H3/b8-6+,11-7+,26-23+,27-21+,32-12+. The Bertz CT molecular complexity index is 1770. The summed E-state index contributed by atoms with van der Waals surface area (Å²) < 4.78 is 28.0. The number of hydrogen-bond donors (Lipinski definition) is 4. The van der Waals surface area contributed by atoms with Crippen LogP contribution >= 0.6 is 36.1 Å². The molecule has 3 aliphatic heterocycles. The first kappa shape index (κ1) is 43.9. The Hall–Kier alpha value is -3.84. The number of carbonyl (C=O) groups excluding carboxylic acids is 4. The van der Waals surface area contributed by atoms with E-state index in [0.29, 0.717) is 36.1 Å². The summed E-state index contributed by atoms with van der Waals surface area (Å²) >= 11 is 2.29. The van der Waals surface area contributed by atoms with E-state index < -0.39 is 35.7 Å². The second-order valence-electron chi connectivity index (χ2n) is 13.9. The minimum atomic E-state index is -1.01. The van der Waals surface area contributed by atoms with Gasteiger partial charge in [0.2, 0.25) is 0 Å². The molecule has 4 rings (SSSR count). The Labute approximate surface area is 335 Å². The number of fused-ring (bicyclic) bond motifs is 1. The smallest absolute Gasteiger partial charge is 0.361 e. The monoisotopic (exact) mass is 815 g/mol. The molecule has 1 aromatic rings. The SMILES string of the molecule is CN(OCC(=O)ON1C(=O)CCC1=O)C(=O)C(/C=C1\CN=C(/C=C/C=C/C=C2/N(CCCSO)c3ccc(SO)cc3C2(C)C)C1(C)C)=C/NCCCSO. The van der Waals surface area contributed by atoms with E-state index in [0.717, 1.165) is 87.3 Å². The molecule has 298 valence electrons. The number of anilines is 1. The molecule has 0 spiro atoms. The zero-order valence-electron chi connectivity index (χ0n) is 31.6. The molecule has 17 heteroatoms. The summed E-state index contributed by atoms with van der Waals surface area (Å²) in [4.78, 5) is 67.3. The molecule has 4 N–H and O–H groups in total. The van der Waals surface area contributed by atoms with Crippen LogP contribution in [-0.4, -0.2) is 98.0 Å². The van der Waals surface area contributed by atoms with Crippen molar-refractivity contribution in [2.24, 2.45) is 10.4 Å². The van der Waals surface area contributed by atoms with Crippen molar-refractivity contribution in [2.75, 3.05) is 49.7 Å². The van der Waals surface area contributed by atoms with Crippen molar-refractivity contribution in [3.63, 3.8) is 0 Å². The Balaban J connectivity index is 1.46. The number of carbonyl (C=O) groups is 4. The van der Waals surface area contributed by atoms with Crippen LogP contribution in [0.25, 0.3) is 0 Å². The molecule has 1 saturated heterocycles. The van der Waals surface area contributed by atoms with E-state index in [1.165, 1.54) is 7.05 Å². The summed E-state index contributed by atoms with van der Waals surface area (Å²) in [7, 11) is 1.34. The highest BCUT2D eigenvalue weighted by atomic mass is 32.2. The highest BCUT2D eigenvalue weighted by Crippen LogP contribution is 2.48. The van der Waals surface area contributed by atoms with Gasteiger partial charge in [-0.15, -0.1) is 5.06 Å². The number of aliphatic imine (C=N–C) groups is 1. The maximum atomic E-state index is 13.5. The van der Waals surface area contributed by atoms with Gasteiger partial charge in [0.15, 0.2) is 6.61 Å². The fourth-order valence-corrected chi connectivity index (χ4v) is 7.10. The number of likely N-dealkylation sites (N-methyl/N-ethyl adjacent to an activating group) is 1. The van der Waals surface area contributed by atoms with Crippen molar-refractivity contribution >= 4 is 71.2 Å². The Morgan fingerprint density at radius 3 is 2.40 bits per heavy atom. The van der Waals surface area contributed by atoms with Gasteiger partial charge in [0.05, 0.1) is 12.1 Å². The summed E-state index contributed by atoms with van der Waals surface area (Å²) in [5.41, 5.74) is 4.39. The number of nitrogens with one attached hydrogen (secondary N) is 1. The van der Waals surface area contributed by atoms with E-state index in [1.54, 1.807) is 12.3 Å². The van der Waals surface area contributed by atoms with E-state index in [-0.39, 0.29) is 23.8 Å². The van der Waals surface area contributed by atoms with Crippen LogP contribution in [0.5, 0.6) is 0 Å². The number of nitrogens with zero attached hydrogens (tertiary/aromatic N) is 4. The zero-order valence-corrected chi connectivity index (χ0v) is 34.1. The summed E-state index contributed by atoms with van der Waals surface area (Å²) in [5, 5.41) is 4.39. The van der Waals surface area contributed by atoms with E-state index in [1.807, 2.05) is 56.4 Å². The topological polar surface area (TPSA) is 182 Å². The van der Waals surface area contributed by atoms with Gasteiger partial charge in [-0.1, -0.05) is 45.9 Å². The maximum absolute atomic E-state index is 13.5. The number of amides is 3. The minimum Gasteiger partial charge on any atom is -0.390 e. The molecule has 1 aromatic carbocycles. The third kappa shape index (κ3) is 11.1. The maximum Gasteiger partial charge on any atom is 0.361 e. The van der Waals surface area contributed by atoms with Crippen LogP contribution in [0.3, 0.4) is 0 Å². The van der Waals surface area contributed by atoms with Gasteiger partial charge in [0.25, 0.3) is 17.7 Å². The normalized spacial score (nSPS) is 19.3. The molecule has 14 nitrogen and oxygen atoms in total. The lowest BCUT2D eigenvalue weighted by Crippen LogP contribution is -2.36. The fraction of sp³-hybridized carbons (Fsp3) is 0.447. The van der Waals surface area contributed by atoms with E-state index in [4.69, 9.17) is 19.2 Å². The van der Waals surface area contributed by atoms with Gasteiger partial charge in [-0.2, -0.15) is 0 Å². The molecule has 0 saturated carbocycles. The molecule has 55 heavy (non-hydrogen) atoms. The van der Waals surface area contributed by atoms with Gasteiger partial charge < -0.3 is 28.7 Å². The van der Waals surface area contributed by atoms with Crippen LogP contribution in [0.4, 0.5) is 5.69 Å². The summed E-state index contributed by atoms with van der Waals surface area (Å²) in [5.74, 6) is -1.69. The number of allylic oxidation sites excluding steroid dienone is 6. The van der Waals surface area contributed by atoms with Gasteiger partial charge in [-0.05, 0) is 84.5 Å². The molecule has 0 bridgehead atoms. The predicted octanol–water partition coefficient (Wildman–Crippen LogP) is 6.42. The minimum absolute atomic E-state index is 0.0439. The first-order valence-electron chi connectivity index (χ1n) is 17.7. The van der Waals surface area contributed by atoms with Gasteiger partial charge in [0.1, 0.15) is 0 Å². The molecule has 0 aromatic heterocycles. The molecular weight excluding hydrogens is 767 g/mol. The van der Waals surface area contributed by atoms with Gasteiger partial charge in [-0.25, -0.2) is 9.86 Å². The third-order valence-electron chi connectivity index (χ3n) is 9.43. The predicted molar refractivity (Wildman–Crippen MR) is 217 cm³/mol. The van der Waals surface area contributed by atoms with Crippen molar-refractivity contribution in [1.29, 1.82) is 0 Å². The highest BCUT2D eigenvalue weighted by Gasteiger charge is 2.40. The Morgan fingerprint density at radius 2 is 1.71 bits per heavy atom. The lowest BCUT2D eigenvalue weighted by Gasteiger charge is -2.27. The van der Waals surface area contributed by atoms with Crippen LogP contribution in [0.2, 0.25) is 0 Å². The first-order valence-corrected chi connectivity index (χ1v) is 20.4. The quantitative estimate of drug-likeness (QED) is 0.0300. The summed E-state index contributed by atoms with van der Waals surface area (Å²) in [6.45, 7) is 9.22. The van der Waals surface area contributed by atoms with E-state index in [9.17, 15) is 28.3 Å². The van der Waals surface area contributed by atoms with Crippen molar-refractivity contribution in [2.45, 2.75) is 63.7 Å². The molecule has 0 aliphatic carbocycles. The molecule has 1 fully saturated rings. The van der Waals surface area contributed by atoms with Gasteiger partial charge in [0, 0.05) is 95.5 Å². The average Bonchev–Trinajstić information content (AvgIpc) is 3.71. The Morgan fingerprint density at radius 1 is 1.00 bits per heavy atom. The largest absolute Gasteiger partial charge is 0.390 e. The number of rotatable bonds is 19. The van der Waals surface area contributed by atoms with Gasteiger partial charge >= 0.3 is 5.97 Å². The van der Waals surface area contributed by atoms with E-state index >= 15 is 0 Å². The van der Waals surface area contributed by atoms with E-state index in [2.05, 4.69) is 30.1 Å². The van der Waals surface area contributed by atoms with Crippen LogP contribution in [0.1, 0.15) is 58.9 Å². The van der Waals surface area contributed by atoms with Crippen molar-refractivity contribution < 1.29 is 42.5 Å². The summed E-state index contributed by atoms with van der Waals surface area (Å²) in [6.07, 6.45) is 14.5. The molecular formula is C38H49N5O9S3. The molecule has 0 radical (unpaired) electrons. The number of hydroxylamine groups is 4. The average molecular weight is 816 g/mol. The van der Waals surface area contributed by atoms with Crippen molar-refractivity contribution in [1.82, 2.24) is 15.4 Å². The number of benzene rings is 1. The third-order valence-corrected chi connectivity index (χ3v) is 10.8. The van der Waals surface area contributed by atoms with Crippen LogP contribution < -0.4 is 10.2 Å². The summed E-state index contributed by atoms with van der Waals surface area (Å²) in [6, 6.07) is 5.96. The molecule has 3 aliphatic rings. The second kappa shape index (κ2) is 20.4. The molecule has 0 atom stereocenters. The van der Waals surface area contributed by atoms with Gasteiger partial charge in [-0.3, -0.25) is 24.2 Å². The molecule has 3 heterocycles. The second-order valence-corrected chi connectivity index (χ2v) is 15.9. The van der Waals surface area contributed by atoms with Crippen molar-refractivity contribution in [3.8, 4) is 0 Å². The lowest BCUT2D eigenvalue weighted by atomic mass is 9.80. The van der Waals surface area contributed by atoms with Crippen LogP contribution in [-0.2, 0) is 34.3 Å². The highest BCUT2D eigenvalue weighted by molar-refractivity contribution is 7.94. The number of imide groups is 1. The molecule has 3 amide bonds. The Kier molecular flexibility index (Phi) is 16.2. The zero-order chi connectivity index (χ0) is 40.2. The number of hydrogen-bond acceptors (Lipinski definition) is 15. The fourth-order valence-electron chi connectivity index (χ4n) is 6.26.